The second-order valence-corrected chi connectivity index (χ2v) is 6.16. The quantitative estimate of drug-likeness (QED) is 0.398. The summed E-state index contributed by atoms with van der Waals surface area (Å²) in [6.45, 7) is 3.36. The van der Waals surface area contributed by atoms with Crippen LogP contribution in [0.2, 0.25) is 0 Å². The van der Waals surface area contributed by atoms with Gasteiger partial charge in [0.05, 0.1) is 23.6 Å². The number of hydrogen-bond donors (Lipinski definition) is 0. The molecule has 0 aliphatic carbocycles. The van der Waals surface area contributed by atoms with E-state index < -0.39 is 34.0 Å². The maximum Gasteiger partial charge on any atom is 0.254 e. The van der Waals surface area contributed by atoms with E-state index in [-0.39, 0.29) is 5.57 Å². The first kappa shape index (κ1) is 12.0. The van der Waals surface area contributed by atoms with Gasteiger partial charge in [-0.1, -0.05) is 0 Å². The monoisotopic (exact) mass is 255 g/mol. The number of carboxylic acid groups (broad SMARTS) is 2. The molecule has 2 rings (SSSR count). The summed E-state index contributed by atoms with van der Waals surface area (Å²) >= 11 is 1.23. The Morgan fingerprint density at radius 3 is 2.47 bits per heavy atom. The van der Waals surface area contributed by atoms with E-state index in [1.54, 1.807) is 13.8 Å². The Morgan fingerprint density at radius 2 is 2.00 bits per heavy atom. The van der Waals surface area contributed by atoms with Gasteiger partial charge in [0, 0.05) is 4.75 Å². The van der Waals surface area contributed by atoms with Crippen LogP contribution in [0.25, 0.3) is 0 Å². The fourth-order valence-corrected chi connectivity index (χ4v) is 3.70. The molecule has 0 spiro atoms. The molecule has 0 radical (unpaired) electrons. The summed E-state index contributed by atoms with van der Waals surface area (Å²) in [5.74, 6) is -3.36. The first-order valence-electron chi connectivity index (χ1n) is 4.89. The topological polar surface area (TPSA) is 101 Å². The van der Waals surface area contributed by atoms with E-state index in [4.69, 9.17) is 0 Å². The molecule has 0 aromatic rings. The third kappa shape index (κ3) is 1.61. The Hall–Kier alpha value is -1.50. The van der Waals surface area contributed by atoms with Crippen molar-refractivity contribution in [3.8, 4) is 0 Å². The van der Waals surface area contributed by atoms with Crippen molar-refractivity contribution < 1.29 is 24.6 Å². The van der Waals surface area contributed by atoms with Gasteiger partial charge >= 0.3 is 0 Å². The summed E-state index contributed by atoms with van der Waals surface area (Å²) in [7, 11) is 0. The fourth-order valence-electron chi connectivity index (χ4n) is 2.16. The van der Waals surface area contributed by atoms with Crippen molar-refractivity contribution in [3.63, 3.8) is 0 Å². The molecular formula is C10H9NO5S-2. The van der Waals surface area contributed by atoms with Gasteiger partial charge in [-0.15, -0.1) is 11.8 Å². The largest absolute Gasteiger partial charge is 0.548 e. The van der Waals surface area contributed by atoms with Gasteiger partial charge in [0.1, 0.15) is 5.37 Å². The number of carboxylic acids is 2. The molecule has 7 heteroatoms. The lowest BCUT2D eigenvalue weighted by atomic mass is 9.95. The highest BCUT2D eigenvalue weighted by molar-refractivity contribution is 8.01. The van der Waals surface area contributed by atoms with Crippen LogP contribution in [0.5, 0.6) is 0 Å². The zero-order valence-corrected chi connectivity index (χ0v) is 9.95. The zero-order valence-electron chi connectivity index (χ0n) is 9.13. The standard InChI is InChI=1S/C10H11NO5S/c1-10(2)6(9(15)16)11-7(14)4(3-5(12)13)8(11)17-10/h3,6,8H,1-2H3,(H,12,13)(H,15,16)/p-2/b4-3-/t6-,8+/m0/s1. The molecule has 0 aromatic carbocycles. The highest BCUT2D eigenvalue weighted by Gasteiger charge is 2.58. The summed E-state index contributed by atoms with van der Waals surface area (Å²) in [5.41, 5.74) is 0.0758. The summed E-state index contributed by atoms with van der Waals surface area (Å²) in [6.07, 6.45) is 0.726. The fraction of sp³-hybridized carbons (Fsp3) is 0.500. The molecule has 0 saturated carbocycles. The minimum atomic E-state index is -1.46. The van der Waals surface area contributed by atoms with Gasteiger partial charge in [0.2, 0.25) is 0 Å². The van der Waals surface area contributed by atoms with Crippen molar-refractivity contribution >= 4 is 29.6 Å². The van der Waals surface area contributed by atoms with Crippen molar-refractivity contribution in [2.75, 3.05) is 0 Å². The number of carbonyl (C=O) groups excluding carboxylic acids is 3. The SMILES string of the molecule is CC1(C)S[C@@H]2/C(=C\C(=O)[O-])C(=O)N2[C@H]1C(=O)[O-]. The minimum absolute atomic E-state index is 0.0758. The number of nitrogens with zero attached hydrogens (tertiary/aromatic N) is 1. The highest BCUT2D eigenvalue weighted by atomic mass is 32.2. The van der Waals surface area contributed by atoms with Gasteiger partial charge < -0.3 is 24.7 Å². The number of fused-ring (bicyclic) bond motifs is 1. The Balaban J connectivity index is 2.34. The highest BCUT2D eigenvalue weighted by Crippen LogP contribution is 2.52. The first-order chi connectivity index (χ1) is 7.75. The molecule has 6 nitrogen and oxygen atoms in total. The molecule has 2 fully saturated rings. The molecular weight excluding hydrogens is 246 g/mol. The maximum atomic E-state index is 11.6. The maximum absolute atomic E-state index is 11.6. The first-order valence-corrected chi connectivity index (χ1v) is 5.77. The van der Waals surface area contributed by atoms with Gasteiger partial charge in [-0.25, -0.2) is 0 Å². The van der Waals surface area contributed by atoms with Crippen molar-refractivity contribution in [2.45, 2.75) is 30.0 Å². The lowest BCUT2D eigenvalue weighted by Crippen LogP contribution is -2.61. The number of hydrogen-bond acceptors (Lipinski definition) is 6. The normalized spacial score (nSPS) is 32.2. The number of β-lactam (4-membered cyclic amide) rings is 1. The van der Waals surface area contributed by atoms with Crippen LogP contribution in [-0.2, 0) is 14.4 Å². The minimum Gasteiger partial charge on any atom is -0.548 e. The molecule has 2 heterocycles. The summed E-state index contributed by atoms with van der Waals surface area (Å²) in [6, 6.07) is -1.04. The van der Waals surface area contributed by atoms with Gasteiger partial charge in [-0.2, -0.15) is 0 Å². The third-order valence-corrected chi connectivity index (χ3v) is 4.38. The van der Waals surface area contributed by atoms with E-state index in [0.717, 1.165) is 11.0 Å². The van der Waals surface area contributed by atoms with Crippen LogP contribution in [-0.4, -0.2) is 38.9 Å². The van der Waals surface area contributed by atoms with E-state index in [2.05, 4.69) is 0 Å². The van der Waals surface area contributed by atoms with Gasteiger partial charge in [-0.05, 0) is 19.9 Å². The van der Waals surface area contributed by atoms with E-state index in [0.29, 0.717) is 0 Å². The average molecular weight is 255 g/mol. The molecule has 0 aromatic heterocycles. The number of thioether (sulfide) groups is 1. The molecule has 0 bridgehead atoms. The van der Waals surface area contributed by atoms with Crippen molar-refractivity contribution in [3.05, 3.63) is 11.6 Å². The molecule has 92 valence electrons. The van der Waals surface area contributed by atoms with Crippen LogP contribution < -0.4 is 10.2 Å². The number of carbonyl (C=O) groups is 3. The van der Waals surface area contributed by atoms with Crippen molar-refractivity contribution in [2.24, 2.45) is 0 Å². The van der Waals surface area contributed by atoms with Crippen LogP contribution in [0.15, 0.2) is 11.6 Å². The predicted molar refractivity (Wildman–Crippen MR) is 54.2 cm³/mol. The number of amides is 1. The van der Waals surface area contributed by atoms with Crippen LogP contribution in [0, 0.1) is 0 Å². The van der Waals surface area contributed by atoms with Crippen molar-refractivity contribution in [1.82, 2.24) is 4.90 Å². The van der Waals surface area contributed by atoms with Crippen LogP contribution in [0.4, 0.5) is 0 Å². The Kier molecular flexibility index (Phi) is 2.46. The molecule has 2 atom stereocenters. The smallest absolute Gasteiger partial charge is 0.254 e. The second-order valence-electron chi connectivity index (χ2n) is 4.43. The van der Waals surface area contributed by atoms with E-state index >= 15 is 0 Å². The summed E-state index contributed by atoms with van der Waals surface area (Å²) in [4.78, 5) is 34.2. The second kappa shape index (κ2) is 3.49. The van der Waals surface area contributed by atoms with Gasteiger partial charge in [0.25, 0.3) is 5.91 Å². The summed E-state index contributed by atoms with van der Waals surface area (Å²) in [5, 5.41) is 20.9. The molecule has 0 unspecified atom stereocenters. The summed E-state index contributed by atoms with van der Waals surface area (Å²) < 4.78 is -0.708. The van der Waals surface area contributed by atoms with E-state index in [9.17, 15) is 24.6 Å². The van der Waals surface area contributed by atoms with E-state index in [1.165, 1.54) is 11.8 Å². The Labute approximate surface area is 101 Å². The average Bonchev–Trinajstić information content (AvgIpc) is 2.43. The molecule has 2 aliphatic heterocycles. The van der Waals surface area contributed by atoms with Gasteiger partial charge in [0.15, 0.2) is 0 Å². The molecule has 0 N–H and O–H groups in total. The zero-order chi connectivity index (χ0) is 13.0. The molecule has 2 aliphatic rings. The lowest BCUT2D eigenvalue weighted by Gasteiger charge is -2.41. The van der Waals surface area contributed by atoms with Crippen LogP contribution >= 0.6 is 11.8 Å². The van der Waals surface area contributed by atoms with Crippen LogP contribution in [0.3, 0.4) is 0 Å². The molecule has 17 heavy (non-hydrogen) atoms. The molecule has 1 amide bonds. The lowest BCUT2D eigenvalue weighted by molar-refractivity contribution is -0.312. The van der Waals surface area contributed by atoms with Crippen molar-refractivity contribution in [1.29, 1.82) is 0 Å². The van der Waals surface area contributed by atoms with Crippen LogP contribution in [0.1, 0.15) is 13.8 Å². The third-order valence-electron chi connectivity index (χ3n) is 2.85. The number of rotatable bonds is 2. The Morgan fingerprint density at radius 1 is 1.41 bits per heavy atom. The predicted octanol–water partition coefficient (Wildman–Crippen LogP) is -2.53. The molecule has 2 saturated heterocycles. The Bertz CT molecular complexity index is 456. The number of aliphatic carboxylic acids is 2. The van der Waals surface area contributed by atoms with Gasteiger partial charge in [-0.3, -0.25) is 4.79 Å². The van der Waals surface area contributed by atoms with E-state index in [1.807, 2.05) is 0 Å².